The third-order valence-electron chi connectivity index (χ3n) is 5.45. The van der Waals surface area contributed by atoms with Gasteiger partial charge in [-0.05, 0) is 66.8 Å². The highest BCUT2D eigenvalue weighted by Crippen LogP contribution is 2.30. The summed E-state index contributed by atoms with van der Waals surface area (Å²) in [6.07, 6.45) is -0.163. The first kappa shape index (κ1) is 23.7. The van der Waals surface area contributed by atoms with Crippen LogP contribution in [0.2, 0.25) is 5.02 Å². The Morgan fingerprint density at radius 2 is 1.76 bits per heavy atom. The maximum Gasteiger partial charge on any atom is 0.256 e. The number of thiocarbonyl (C=S) groups is 1. The molecule has 0 bridgehead atoms. The Morgan fingerprint density at radius 1 is 1.09 bits per heavy atom. The van der Waals surface area contributed by atoms with Crippen molar-refractivity contribution in [2.45, 2.75) is 19.0 Å². The Labute approximate surface area is 206 Å². The number of halogens is 2. The van der Waals surface area contributed by atoms with Crippen molar-refractivity contribution in [3.8, 4) is 5.75 Å². The van der Waals surface area contributed by atoms with Gasteiger partial charge in [0.2, 0.25) is 5.91 Å². The van der Waals surface area contributed by atoms with Gasteiger partial charge in [0.1, 0.15) is 17.6 Å². The zero-order valence-electron chi connectivity index (χ0n) is 18.2. The fourth-order valence-electron chi connectivity index (χ4n) is 3.71. The summed E-state index contributed by atoms with van der Waals surface area (Å²) in [7, 11) is 1.55. The maximum atomic E-state index is 14.4. The molecule has 1 aliphatic heterocycles. The zero-order valence-corrected chi connectivity index (χ0v) is 19.8. The lowest BCUT2D eigenvalue weighted by Crippen LogP contribution is -2.37. The Hall–Kier alpha value is -3.49. The third kappa shape index (κ3) is 5.03. The van der Waals surface area contributed by atoms with E-state index in [2.05, 4.69) is 5.32 Å². The number of carbonyl (C=O) groups excluding carboxylic acids is 2. The van der Waals surface area contributed by atoms with Gasteiger partial charge in [-0.25, -0.2) is 4.39 Å². The lowest BCUT2D eigenvalue weighted by Gasteiger charge is -2.24. The summed E-state index contributed by atoms with van der Waals surface area (Å²) in [5.74, 6) is -0.496. The molecule has 0 aromatic heterocycles. The van der Waals surface area contributed by atoms with Crippen LogP contribution in [0, 0.1) is 5.82 Å². The molecular weight excluding hydrogens is 477 g/mol. The van der Waals surface area contributed by atoms with Crippen molar-refractivity contribution in [2.75, 3.05) is 17.3 Å². The Morgan fingerprint density at radius 3 is 2.41 bits per heavy atom. The molecule has 1 fully saturated rings. The molecule has 1 aliphatic rings. The van der Waals surface area contributed by atoms with Crippen LogP contribution in [-0.4, -0.2) is 35.0 Å². The van der Waals surface area contributed by atoms with E-state index in [1.54, 1.807) is 78.7 Å². The molecule has 9 heteroatoms. The van der Waals surface area contributed by atoms with Gasteiger partial charge in [0.25, 0.3) is 5.91 Å². The first-order valence-corrected chi connectivity index (χ1v) is 11.2. The van der Waals surface area contributed by atoms with Gasteiger partial charge in [-0.2, -0.15) is 0 Å². The fourth-order valence-corrected chi connectivity index (χ4v) is 4.23. The second-order valence-corrected chi connectivity index (χ2v) is 8.45. The fraction of sp³-hybridized carbons (Fsp3) is 0.160. The number of anilines is 2. The number of methoxy groups -OCH3 is 1. The number of rotatable bonds is 7. The van der Waals surface area contributed by atoms with E-state index >= 15 is 0 Å². The standard InChI is InChI=1S/C25H21ClFN3O3S/c1-33-20-12-8-18(9-13-20)28-23(31)14-22-24(32)30(19-10-6-17(26)7-11-19)25(34)29(22)15-16-4-2-3-5-21(16)27/h2-13,22H,14-15H2,1H3,(H,28,31). The van der Waals surface area contributed by atoms with Gasteiger partial charge in [0, 0.05) is 22.8 Å². The lowest BCUT2D eigenvalue weighted by atomic mass is 10.1. The molecule has 1 saturated heterocycles. The topological polar surface area (TPSA) is 61.9 Å². The molecule has 3 aromatic rings. The highest BCUT2D eigenvalue weighted by molar-refractivity contribution is 7.80. The molecule has 174 valence electrons. The molecule has 1 heterocycles. The normalized spacial score (nSPS) is 15.6. The van der Waals surface area contributed by atoms with Gasteiger partial charge in [-0.15, -0.1) is 0 Å². The Bertz CT molecular complexity index is 1220. The largest absolute Gasteiger partial charge is 0.497 e. The van der Waals surface area contributed by atoms with Crippen LogP contribution in [-0.2, 0) is 16.1 Å². The summed E-state index contributed by atoms with van der Waals surface area (Å²) in [6, 6.07) is 18.9. The van der Waals surface area contributed by atoms with Crippen LogP contribution in [0.4, 0.5) is 15.8 Å². The molecular formula is C25H21ClFN3O3S. The smallest absolute Gasteiger partial charge is 0.256 e. The summed E-state index contributed by atoms with van der Waals surface area (Å²) in [5, 5.41) is 3.49. The van der Waals surface area contributed by atoms with Crippen LogP contribution < -0.4 is 15.0 Å². The summed E-state index contributed by atoms with van der Waals surface area (Å²) in [4.78, 5) is 29.2. The molecule has 0 aliphatic carbocycles. The molecule has 0 radical (unpaired) electrons. The summed E-state index contributed by atoms with van der Waals surface area (Å²) < 4.78 is 19.5. The zero-order chi connectivity index (χ0) is 24.2. The van der Waals surface area contributed by atoms with E-state index in [0.29, 0.717) is 27.7 Å². The van der Waals surface area contributed by atoms with Gasteiger partial charge < -0.3 is 15.0 Å². The molecule has 2 amide bonds. The molecule has 4 rings (SSSR count). The van der Waals surface area contributed by atoms with Crippen LogP contribution in [0.25, 0.3) is 0 Å². The van der Waals surface area contributed by atoms with Crippen molar-refractivity contribution >= 4 is 52.1 Å². The summed E-state index contributed by atoms with van der Waals surface area (Å²) in [5.41, 5.74) is 1.46. The SMILES string of the molecule is COc1ccc(NC(=O)CC2C(=O)N(c3ccc(Cl)cc3)C(=S)N2Cc2ccccc2F)cc1. The minimum absolute atomic E-state index is 0.0435. The number of benzene rings is 3. The molecule has 1 atom stereocenters. The van der Waals surface area contributed by atoms with Gasteiger partial charge in [-0.3, -0.25) is 14.5 Å². The second-order valence-electron chi connectivity index (χ2n) is 7.65. The number of hydrogen-bond acceptors (Lipinski definition) is 4. The van der Waals surface area contributed by atoms with Gasteiger partial charge in [0.05, 0.1) is 19.2 Å². The van der Waals surface area contributed by atoms with E-state index in [-0.39, 0.29) is 29.9 Å². The van der Waals surface area contributed by atoms with Gasteiger partial charge in [0.15, 0.2) is 5.11 Å². The molecule has 6 nitrogen and oxygen atoms in total. The lowest BCUT2D eigenvalue weighted by molar-refractivity contribution is -0.124. The highest BCUT2D eigenvalue weighted by atomic mass is 35.5. The van der Waals surface area contributed by atoms with E-state index in [9.17, 15) is 14.0 Å². The van der Waals surface area contributed by atoms with Crippen molar-refractivity contribution in [1.82, 2.24) is 4.90 Å². The van der Waals surface area contributed by atoms with E-state index in [4.69, 9.17) is 28.6 Å². The molecule has 1 unspecified atom stereocenters. The second kappa shape index (κ2) is 10.2. The number of nitrogens with one attached hydrogen (secondary N) is 1. The average molecular weight is 498 g/mol. The summed E-state index contributed by atoms with van der Waals surface area (Å²) >= 11 is 11.6. The number of nitrogens with zero attached hydrogens (tertiary/aromatic N) is 2. The van der Waals surface area contributed by atoms with Crippen molar-refractivity contribution in [3.63, 3.8) is 0 Å². The van der Waals surface area contributed by atoms with Crippen molar-refractivity contribution in [3.05, 3.63) is 89.2 Å². The van der Waals surface area contributed by atoms with Crippen LogP contribution in [0.1, 0.15) is 12.0 Å². The van der Waals surface area contributed by atoms with Crippen molar-refractivity contribution in [1.29, 1.82) is 0 Å². The van der Waals surface area contributed by atoms with Gasteiger partial charge in [-0.1, -0.05) is 29.8 Å². The van der Waals surface area contributed by atoms with Gasteiger partial charge >= 0.3 is 0 Å². The van der Waals surface area contributed by atoms with E-state index in [1.165, 1.54) is 11.0 Å². The number of ether oxygens (including phenoxy) is 1. The van der Waals surface area contributed by atoms with Crippen LogP contribution in [0.5, 0.6) is 5.75 Å². The highest BCUT2D eigenvalue weighted by Gasteiger charge is 2.44. The van der Waals surface area contributed by atoms with Crippen LogP contribution in [0.15, 0.2) is 72.8 Å². The van der Waals surface area contributed by atoms with Crippen molar-refractivity contribution < 1.29 is 18.7 Å². The molecule has 3 aromatic carbocycles. The predicted octanol–water partition coefficient (Wildman–Crippen LogP) is 5.02. The quantitative estimate of drug-likeness (QED) is 0.464. The molecule has 0 spiro atoms. The predicted molar refractivity (Wildman–Crippen MR) is 134 cm³/mol. The molecule has 34 heavy (non-hydrogen) atoms. The monoisotopic (exact) mass is 497 g/mol. The van der Waals surface area contributed by atoms with E-state index in [0.717, 1.165) is 0 Å². The minimum Gasteiger partial charge on any atom is -0.497 e. The number of carbonyl (C=O) groups is 2. The van der Waals surface area contributed by atoms with Crippen LogP contribution >= 0.6 is 23.8 Å². The first-order chi connectivity index (χ1) is 16.4. The Balaban J connectivity index is 1.59. The Kier molecular flexibility index (Phi) is 7.09. The van der Waals surface area contributed by atoms with Crippen molar-refractivity contribution in [2.24, 2.45) is 0 Å². The van der Waals surface area contributed by atoms with E-state index in [1.807, 2.05) is 0 Å². The van der Waals surface area contributed by atoms with Crippen LogP contribution in [0.3, 0.4) is 0 Å². The number of hydrogen-bond donors (Lipinski definition) is 1. The summed E-state index contributed by atoms with van der Waals surface area (Å²) in [6.45, 7) is 0.0435. The molecule has 0 saturated carbocycles. The number of amides is 2. The van der Waals surface area contributed by atoms with E-state index < -0.39 is 11.9 Å². The molecule has 1 N–H and O–H groups in total. The maximum absolute atomic E-state index is 14.4. The third-order valence-corrected chi connectivity index (χ3v) is 6.12. The average Bonchev–Trinajstić information content (AvgIpc) is 3.05. The first-order valence-electron chi connectivity index (χ1n) is 10.4. The minimum atomic E-state index is -0.902.